The van der Waals surface area contributed by atoms with Crippen LogP contribution in [0.5, 0.6) is 0 Å². The monoisotopic (exact) mass is 381 g/mol. The summed E-state index contributed by atoms with van der Waals surface area (Å²) >= 11 is 0. The van der Waals surface area contributed by atoms with Gasteiger partial charge in [0.15, 0.2) is 0 Å². The molecule has 0 aromatic carbocycles. The molecule has 0 aliphatic carbocycles. The number of carbonyl (C=O) groups is 1. The zero-order valence-electron chi connectivity index (χ0n) is 16.4. The van der Waals surface area contributed by atoms with E-state index in [1.807, 2.05) is 31.3 Å². The number of carbonyl (C=O) groups excluding carboxylic acids is 1. The van der Waals surface area contributed by atoms with Gasteiger partial charge in [0.2, 0.25) is 5.91 Å². The number of likely N-dealkylation sites (tertiary alicyclic amines) is 1. The van der Waals surface area contributed by atoms with Gasteiger partial charge < -0.3 is 20.5 Å². The van der Waals surface area contributed by atoms with Crippen molar-refractivity contribution in [2.75, 3.05) is 32.0 Å². The number of nitrogens with one attached hydrogen (secondary N) is 3. The Hall–Kier alpha value is -2.93. The van der Waals surface area contributed by atoms with Crippen LogP contribution in [0.4, 0.5) is 5.69 Å². The SMILES string of the molecule is CCc1cc(-c2c[nH]c(=O)c(N[C@@H]3CCN(C(=O)/C=C/CNC)C3)c2)ccn1. The van der Waals surface area contributed by atoms with Gasteiger partial charge in [0.05, 0.1) is 0 Å². The molecule has 3 N–H and O–H groups in total. The summed E-state index contributed by atoms with van der Waals surface area (Å²) in [6, 6.07) is 5.89. The molecule has 28 heavy (non-hydrogen) atoms. The lowest BCUT2D eigenvalue weighted by atomic mass is 10.1. The maximum Gasteiger partial charge on any atom is 0.271 e. The van der Waals surface area contributed by atoms with Crippen molar-refractivity contribution in [1.82, 2.24) is 20.2 Å². The number of anilines is 1. The molecule has 148 valence electrons. The molecule has 1 amide bonds. The Bertz CT molecular complexity index is 906. The molecule has 0 spiro atoms. The summed E-state index contributed by atoms with van der Waals surface area (Å²) in [6.07, 6.45) is 8.59. The molecule has 0 radical (unpaired) electrons. The van der Waals surface area contributed by atoms with Gasteiger partial charge in [0.25, 0.3) is 5.56 Å². The van der Waals surface area contributed by atoms with Crippen molar-refractivity contribution < 1.29 is 4.79 Å². The number of H-pyrrole nitrogens is 1. The predicted octanol–water partition coefficient (Wildman–Crippen LogP) is 1.79. The van der Waals surface area contributed by atoms with Crippen molar-refractivity contribution in [2.45, 2.75) is 25.8 Å². The van der Waals surface area contributed by atoms with E-state index >= 15 is 0 Å². The number of aromatic nitrogens is 2. The molecule has 1 fully saturated rings. The number of likely N-dealkylation sites (N-methyl/N-ethyl adjacent to an activating group) is 1. The molecule has 1 atom stereocenters. The number of amides is 1. The van der Waals surface area contributed by atoms with Gasteiger partial charge in [-0.2, -0.15) is 0 Å². The van der Waals surface area contributed by atoms with E-state index in [0.29, 0.717) is 25.3 Å². The Morgan fingerprint density at radius 3 is 3.04 bits per heavy atom. The van der Waals surface area contributed by atoms with Gasteiger partial charge in [-0.05, 0) is 43.7 Å². The normalized spacial score (nSPS) is 16.6. The van der Waals surface area contributed by atoms with Crippen molar-refractivity contribution >= 4 is 11.6 Å². The highest BCUT2D eigenvalue weighted by atomic mass is 16.2. The number of pyridine rings is 2. The van der Waals surface area contributed by atoms with E-state index < -0.39 is 0 Å². The highest BCUT2D eigenvalue weighted by Gasteiger charge is 2.25. The number of nitrogens with zero attached hydrogens (tertiary/aromatic N) is 2. The molecule has 3 rings (SSSR count). The van der Waals surface area contributed by atoms with Crippen molar-refractivity contribution in [1.29, 1.82) is 0 Å². The van der Waals surface area contributed by atoms with E-state index in [9.17, 15) is 9.59 Å². The molecule has 7 nitrogen and oxygen atoms in total. The molecule has 0 saturated carbocycles. The minimum absolute atomic E-state index is 0.00564. The van der Waals surface area contributed by atoms with E-state index in [1.165, 1.54) is 0 Å². The lowest BCUT2D eigenvalue weighted by molar-refractivity contribution is -0.125. The standard InChI is InChI=1S/C21H27N5O2/c1-3-17-11-15(6-9-23-17)16-12-19(21(28)24-13-16)25-18-7-10-26(14-18)20(27)5-4-8-22-2/h4-6,9,11-13,18,22,25H,3,7-8,10,14H2,1-2H3,(H,24,28)/b5-4+/t18-/m1/s1. The molecular weight excluding hydrogens is 354 g/mol. The maximum atomic E-state index is 12.3. The molecular formula is C21H27N5O2. The molecule has 3 heterocycles. The van der Waals surface area contributed by atoms with E-state index in [4.69, 9.17) is 0 Å². The Kier molecular flexibility index (Phi) is 6.60. The third kappa shape index (κ3) is 4.86. The van der Waals surface area contributed by atoms with Gasteiger partial charge in [0, 0.05) is 55.4 Å². The van der Waals surface area contributed by atoms with Crippen LogP contribution in [0.2, 0.25) is 0 Å². The fraction of sp³-hybridized carbons (Fsp3) is 0.381. The van der Waals surface area contributed by atoms with Gasteiger partial charge in [-0.1, -0.05) is 13.0 Å². The number of hydrogen-bond donors (Lipinski definition) is 3. The predicted molar refractivity (Wildman–Crippen MR) is 111 cm³/mol. The molecule has 2 aromatic rings. The smallest absolute Gasteiger partial charge is 0.271 e. The second-order valence-electron chi connectivity index (χ2n) is 6.89. The van der Waals surface area contributed by atoms with Crippen LogP contribution in [0.15, 0.2) is 47.5 Å². The zero-order valence-corrected chi connectivity index (χ0v) is 16.4. The highest BCUT2D eigenvalue weighted by molar-refractivity contribution is 5.87. The van der Waals surface area contributed by atoms with E-state index in [-0.39, 0.29) is 17.5 Å². The Labute approximate surface area is 164 Å². The number of aryl methyl sites for hydroxylation is 1. The molecule has 1 saturated heterocycles. The van der Waals surface area contributed by atoms with Crippen LogP contribution in [0.1, 0.15) is 19.0 Å². The third-order valence-corrected chi connectivity index (χ3v) is 4.86. The lowest BCUT2D eigenvalue weighted by Crippen LogP contribution is -2.31. The Morgan fingerprint density at radius 1 is 1.39 bits per heavy atom. The molecule has 2 aromatic heterocycles. The highest BCUT2D eigenvalue weighted by Crippen LogP contribution is 2.22. The maximum absolute atomic E-state index is 12.3. The summed E-state index contributed by atoms with van der Waals surface area (Å²) in [4.78, 5) is 33.4. The second-order valence-corrected chi connectivity index (χ2v) is 6.89. The number of aromatic amines is 1. The second kappa shape index (κ2) is 9.32. The first-order chi connectivity index (χ1) is 13.6. The minimum atomic E-state index is -0.160. The van der Waals surface area contributed by atoms with Crippen molar-refractivity contribution in [3.8, 4) is 11.1 Å². The van der Waals surface area contributed by atoms with Crippen LogP contribution in [0.25, 0.3) is 11.1 Å². The number of hydrogen-bond acceptors (Lipinski definition) is 5. The summed E-state index contributed by atoms with van der Waals surface area (Å²) in [6.45, 7) is 4.00. The fourth-order valence-corrected chi connectivity index (χ4v) is 3.29. The average molecular weight is 381 g/mol. The van der Waals surface area contributed by atoms with Crippen LogP contribution < -0.4 is 16.2 Å². The van der Waals surface area contributed by atoms with Crippen molar-refractivity contribution in [2.24, 2.45) is 0 Å². The van der Waals surface area contributed by atoms with E-state index in [1.54, 1.807) is 23.4 Å². The van der Waals surface area contributed by atoms with Crippen LogP contribution in [0, 0.1) is 0 Å². The van der Waals surface area contributed by atoms with Crippen LogP contribution in [-0.2, 0) is 11.2 Å². The summed E-state index contributed by atoms with van der Waals surface area (Å²) in [7, 11) is 1.84. The molecule has 1 aliphatic heterocycles. The lowest BCUT2D eigenvalue weighted by Gasteiger charge is -2.16. The molecule has 7 heteroatoms. The Balaban J connectivity index is 1.69. The molecule has 1 aliphatic rings. The van der Waals surface area contributed by atoms with Crippen LogP contribution >= 0.6 is 0 Å². The van der Waals surface area contributed by atoms with Gasteiger partial charge in [-0.3, -0.25) is 14.6 Å². The largest absolute Gasteiger partial charge is 0.376 e. The first kappa shape index (κ1) is 19.8. The van der Waals surface area contributed by atoms with Crippen LogP contribution in [-0.4, -0.2) is 53.5 Å². The summed E-state index contributed by atoms with van der Waals surface area (Å²) in [5, 5.41) is 6.29. The van der Waals surface area contributed by atoms with Gasteiger partial charge >= 0.3 is 0 Å². The summed E-state index contributed by atoms with van der Waals surface area (Å²) in [5.74, 6) is 0.00564. The van der Waals surface area contributed by atoms with Gasteiger partial charge in [-0.25, -0.2) is 0 Å². The van der Waals surface area contributed by atoms with Gasteiger partial charge in [0.1, 0.15) is 5.69 Å². The molecule has 0 unspecified atom stereocenters. The summed E-state index contributed by atoms with van der Waals surface area (Å²) < 4.78 is 0. The Morgan fingerprint density at radius 2 is 2.25 bits per heavy atom. The third-order valence-electron chi connectivity index (χ3n) is 4.86. The minimum Gasteiger partial charge on any atom is -0.376 e. The van der Waals surface area contributed by atoms with E-state index in [0.717, 1.165) is 29.7 Å². The topological polar surface area (TPSA) is 90.1 Å². The zero-order chi connectivity index (χ0) is 19.9. The average Bonchev–Trinajstić information content (AvgIpc) is 3.18. The van der Waals surface area contributed by atoms with Crippen molar-refractivity contribution in [3.05, 3.63) is 58.8 Å². The van der Waals surface area contributed by atoms with Gasteiger partial charge in [-0.15, -0.1) is 0 Å². The first-order valence-electron chi connectivity index (χ1n) is 9.65. The number of rotatable bonds is 7. The first-order valence-corrected chi connectivity index (χ1v) is 9.65. The quantitative estimate of drug-likeness (QED) is 0.636. The van der Waals surface area contributed by atoms with Crippen LogP contribution in [0.3, 0.4) is 0 Å². The van der Waals surface area contributed by atoms with Crippen molar-refractivity contribution in [3.63, 3.8) is 0 Å². The van der Waals surface area contributed by atoms with E-state index in [2.05, 4.69) is 27.5 Å². The fourth-order valence-electron chi connectivity index (χ4n) is 3.29. The molecule has 0 bridgehead atoms. The summed E-state index contributed by atoms with van der Waals surface area (Å²) in [5.41, 5.74) is 3.32.